The first-order valence-corrected chi connectivity index (χ1v) is 7.68. The van der Waals surface area contributed by atoms with Gasteiger partial charge in [-0.1, -0.05) is 42.5 Å². The minimum atomic E-state index is 0.169. The van der Waals surface area contributed by atoms with E-state index in [9.17, 15) is 4.79 Å². The number of carbonyl (C=O) groups is 1. The Hall–Kier alpha value is -1.87. The molecule has 1 aliphatic heterocycles. The summed E-state index contributed by atoms with van der Waals surface area (Å²) in [4.78, 5) is 14.2. The second kappa shape index (κ2) is 6.27. The fourth-order valence-electron chi connectivity index (χ4n) is 3.09. The Morgan fingerprint density at radius 3 is 2.86 bits per heavy atom. The molecule has 110 valence electrons. The van der Waals surface area contributed by atoms with Crippen LogP contribution in [0.4, 0.5) is 0 Å². The van der Waals surface area contributed by atoms with Crippen molar-refractivity contribution in [2.45, 2.75) is 12.8 Å². The lowest BCUT2D eigenvalue weighted by Crippen LogP contribution is -2.35. The van der Waals surface area contributed by atoms with Gasteiger partial charge < -0.3 is 10.2 Å². The first-order valence-electron chi connectivity index (χ1n) is 7.68. The first kappa shape index (κ1) is 14.1. The van der Waals surface area contributed by atoms with E-state index in [0.717, 1.165) is 32.5 Å². The van der Waals surface area contributed by atoms with Gasteiger partial charge in [0.25, 0.3) is 0 Å². The smallest absolute Gasteiger partial charge is 0.226 e. The molecule has 0 spiro atoms. The van der Waals surface area contributed by atoms with Crippen LogP contribution >= 0.6 is 0 Å². The normalized spacial score (nSPS) is 18.0. The van der Waals surface area contributed by atoms with Gasteiger partial charge >= 0.3 is 0 Å². The van der Waals surface area contributed by atoms with Crippen molar-refractivity contribution in [3.8, 4) is 0 Å². The molecule has 0 aromatic heterocycles. The highest BCUT2D eigenvalue weighted by Gasteiger charge is 2.24. The van der Waals surface area contributed by atoms with E-state index in [0.29, 0.717) is 0 Å². The number of likely N-dealkylation sites (N-methyl/N-ethyl adjacent to an activating group) is 1. The van der Waals surface area contributed by atoms with E-state index < -0.39 is 0 Å². The maximum atomic E-state index is 12.3. The lowest BCUT2D eigenvalue weighted by atomic mass is 10.0. The summed E-state index contributed by atoms with van der Waals surface area (Å²) in [6, 6.07) is 14.8. The molecule has 1 amide bonds. The second-order valence-corrected chi connectivity index (χ2v) is 5.84. The molecule has 0 aliphatic carbocycles. The maximum absolute atomic E-state index is 12.3. The van der Waals surface area contributed by atoms with E-state index in [2.05, 4.69) is 47.8 Å². The number of nitrogens with zero attached hydrogens (tertiary/aromatic N) is 1. The van der Waals surface area contributed by atoms with Crippen molar-refractivity contribution in [2.24, 2.45) is 5.92 Å². The van der Waals surface area contributed by atoms with Gasteiger partial charge in [-0.2, -0.15) is 0 Å². The molecular formula is C18H22N2O. The van der Waals surface area contributed by atoms with Gasteiger partial charge in [0.15, 0.2) is 0 Å². The molecule has 1 aliphatic rings. The summed E-state index contributed by atoms with van der Waals surface area (Å²) in [5.41, 5.74) is 1.32. The van der Waals surface area contributed by atoms with E-state index in [1.54, 1.807) is 0 Å². The van der Waals surface area contributed by atoms with Crippen molar-refractivity contribution in [3.63, 3.8) is 0 Å². The van der Waals surface area contributed by atoms with Crippen LogP contribution in [0.2, 0.25) is 0 Å². The second-order valence-electron chi connectivity index (χ2n) is 5.84. The van der Waals surface area contributed by atoms with Gasteiger partial charge in [-0.15, -0.1) is 0 Å². The van der Waals surface area contributed by atoms with E-state index in [4.69, 9.17) is 0 Å². The highest BCUT2D eigenvalue weighted by atomic mass is 16.2. The number of benzene rings is 2. The van der Waals surface area contributed by atoms with E-state index in [1.807, 2.05) is 11.9 Å². The van der Waals surface area contributed by atoms with Gasteiger partial charge in [0.1, 0.15) is 0 Å². The largest absolute Gasteiger partial charge is 0.345 e. The van der Waals surface area contributed by atoms with Gasteiger partial charge in [-0.05, 0) is 35.7 Å². The summed E-state index contributed by atoms with van der Waals surface area (Å²) in [5.74, 6) is 0.447. The molecule has 0 saturated carbocycles. The lowest BCUT2D eigenvalue weighted by Gasteiger charge is -2.21. The van der Waals surface area contributed by atoms with Crippen LogP contribution in [-0.4, -0.2) is 37.5 Å². The molecule has 1 saturated heterocycles. The Bertz CT molecular complexity index is 627. The monoisotopic (exact) mass is 282 g/mol. The molecule has 2 aromatic rings. The van der Waals surface area contributed by atoms with Gasteiger partial charge in [0.2, 0.25) is 5.91 Å². The summed E-state index contributed by atoms with van der Waals surface area (Å²) in [6.07, 6.45) is 1.88. The third kappa shape index (κ3) is 3.08. The quantitative estimate of drug-likeness (QED) is 0.934. The van der Waals surface area contributed by atoms with Crippen molar-refractivity contribution in [2.75, 3.05) is 26.7 Å². The highest BCUT2D eigenvalue weighted by Crippen LogP contribution is 2.19. The summed E-state index contributed by atoms with van der Waals surface area (Å²) < 4.78 is 0. The summed E-state index contributed by atoms with van der Waals surface area (Å²) >= 11 is 0. The minimum Gasteiger partial charge on any atom is -0.345 e. The Morgan fingerprint density at radius 1 is 1.24 bits per heavy atom. The van der Waals surface area contributed by atoms with Crippen LogP contribution in [0, 0.1) is 5.92 Å². The Balaban J connectivity index is 1.67. The SMILES string of the molecule is CN(CCc1cccc2ccccc12)C(=O)C1CCNC1. The summed E-state index contributed by atoms with van der Waals surface area (Å²) in [5, 5.41) is 5.82. The zero-order valence-electron chi connectivity index (χ0n) is 12.5. The average Bonchev–Trinajstić information content (AvgIpc) is 3.06. The fourth-order valence-corrected chi connectivity index (χ4v) is 3.09. The van der Waals surface area contributed by atoms with Gasteiger partial charge in [0, 0.05) is 20.1 Å². The third-order valence-electron chi connectivity index (χ3n) is 4.38. The van der Waals surface area contributed by atoms with Gasteiger partial charge in [-0.25, -0.2) is 0 Å². The maximum Gasteiger partial charge on any atom is 0.226 e. The Morgan fingerprint density at radius 2 is 2.05 bits per heavy atom. The van der Waals surface area contributed by atoms with E-state index in [-0.39, 0.29) is 11.8 Å². The molecule has 0 radical (unpaired) electrons. The first-order chi connectivity index (χ1) is 10.3. The van der Waals surface area contributed by atoms with Crippen molar-refractivity contribution in [3.05, 3.63) is 48.0 Å². The molecule has 2 aromatic carbocycles. The van der Waals surface area contributed by atoms with Crippen molar-refractivity contribution < 1.29 is 4.79 Å². The van der Waals surface area contributed by atoms with E-state index >= 15 is 0 Å². The third-order valence-corrected chi connectivity index (χ3v) is 4.38. The number of rotatable bonds is 4. The van der Waals surface area contributed by atoms with E-state index in [1.165, 1.54) is 16.3 Å². The van der Waals surface area contributed by atoms with Crippen LogP contribution in [0.5, 0.6) is 0 Å². The summed E-state index contributed by atoms with van der Waals surface area (Å²) in [7, 11) is 1.92. The molecule has 3 nitrogen and oxygen atoms in total. The predicted molar refractivity (Wildman–Crippen MR) is 86.3 cm³/mol. The molecule has 1 heterocycles. The van der Waals surface area contributed by atoms with Gasteiger partial charge in [0.05, 0.1) is 5.92 Å². The molecule has 21 heavy (non-hydrogen) atoms. The topological polar surface area (TPSA) is 32.3 Å². The molecular weight excluding hydrogens is 260 g/mol. The van der Waals surface area contributed by atoms with Crippen molar-refractivity contribution >= 4 is 16.7 Å². The molecule has 0 bridgehead atoms. The van der Waals surface area contributed by atoms with Crippen LogP contribution in [0.1, 0.15) is 12.0 Å². The van der Waals surface area contributed by atoms with Crippen molar-refractivity contribution in [1.82, 2.24) is 10.2 Å². The summed E-state index contributed by atoms with van der Waals surface area (Å²) in [6.45, 7) is 2.58. The fraction of sp³-hybridized carbons (Fsp3) is 0.389. The van der Waals surface area contributed by atoms with Crippen LogP contribution in [0.3, 0.4) is 0 Å². The number of nitrogens with one attached hydrogen (secondary N) is 1. The van der Waals surface area contributed by atoms with Crippen LogP contribution < -0.4 is 5.32 Å². The number of carbonyl (C=O) groups excluding carboxylic acids is 1. The van der Waals surface area contributed by atoms with Crippen LogP contribution in [-0.2, 0) is 11.2 Å². The number of amides is 1. The molecule has 3 heteroatoms. The Labute approximate surface area is 125 Å². The molecule has 1 atom stereocenters. The number of hydrogen-bond acceptors (Lipinski definition) is 2. The predicted octanol–water partition coefficient (Wildman–Crippen LogP) is 2.45. The Kier molecular flexibility index (Phi) is 4.20. The number of fused-ring (bicyclic) bond motifs is 1. The lowest BCUT2D eigenvalue weighted by molar-refractivity contribution is -0.133. The van der Waals surface area contributed by atoms with Crippen LogP contribution in [0.25, 0.3) is 10.8 Å². The average molecular weight is 282 g/mol. The molecule has 1 N–H and O–H groups in total. The van der Waals surface area contributed by atoms with Crippen molar-refractivity contribution in [1.29, 1.82) is 0 Å². The van der Waals surface area contributed by atoms with Crippen LogP contribution in [0.15, 0.2) is 42.5 Å². The zero-order chi connectivity index (χ0) is 14.7. The number of hydrogen-bond donors (Lipinski definition) is 1. The highest BCUT2D eigenvalue weighted by molar-refractivity contribution is 5.85. The van der Waals surface area contributed by atoms with Gasteiger partial charge in [-0.3, -0.25) is 4.79 Å². The zero-order valence-corrected chi connectivity index (χ0v) is 12.5. The molecule has 1 fully saturated rings. The molecule has 3 rings (SSSR count). The standard InChI is InChI=1S/C18H22N2O/c1-20(18(21)16-9-11-19-13-16)12-10-15-7-4-6-14-5-2-3-8-17(14)15/h2-8,16,19H,9-13H2,1H3. The molecule has 1 unspecified atom stereocenters. The minimum absolute atomic E-state index is 0.169.